The molecule has 1 aromatic heterocycles. The van der Waals surface area contributed by atoms with Crippen LogP contribution < -0.4 is 5.73 Å². The van der Waals surface area contributed by atoms with E-state index < -0.39 is 6.04 Å². The van der Waals surface area contributed by atoms with E-state index in [0.29, 0.717) is 12.6 Å². The Hall–Kier alpha value is -1.46. The normalized spacial score (nSPS) is 16.3. The molecule has 18 heavy (non-hydrogen) atoms. The zero-order valence-electron chi connectivity index (χ0n) is 10.6. The monoisotopic (exact) mass is 249 g/mol. The summed E-state index contributed by atoms with van der Waals surface area (Å²) in [7, 11) is 1.55. The number of carbonyl (C=O) groups excluding carboxylic acids is 1. The highest BCUT2D eigenvalue weighted by Crippen LogP contribution is 2.28. The Bertz CT molecular complexity index is 392. The molecule has 1 heterocycles. The number of ether oxygens (including phenoxy) is 1. The van der Waals surface area contributed by atoms with Gasteiger partial charge in [0, 0.05) is 19.3 Å². The van der Waals surface area contributed by atoms with Gasteiger partial charge in [-0.15, -0.1) is 0 Å². The lowest BCUT2D eigenvalue weighted by atomic mass is 10.2. The van der Waals surface area contributed by atoms with Crippen molar-refractivity contribution < 1.29 is 9.53 Å². The number of hydrogen-bond donors (Lipinski definition) is 1. The van der Waals surface area contributed by atoms with Gasteiger partial charge < -0.3 is 15.4 Å². The van der Waals surface area contributed by atoms with Gasteiger partial charge in [0.2, 0.25) is 5.91 Å². The molecule has 1 saturated carbocycles. The van der Waals surface area contributed by atoms with Gasteiger partial charge in [-0.2, -0.15) is 0 Å². The van der Waals surface area contributed by atoms with Crippen molar-refractivity contribution in [2.45, 2.75) is 31.5 Å². The second-order valence-electron chi connectivity index (χ2n) is 4.58. The summed E-state index contributed by atoms with van der Waals surface area (Å²) in [6, 6.07) is 5.45. The maximum Gasteiger partial charge on any atom is 0.242 e. The average molecular weight is 249 g/mol. The van der Waals surface area contributed by atoms with Crippen LogP contribution in [0.5, 0.6) is 0 Å². The van der Waals surface area contributed by atoms with Crippen LogP contribution in [0, 0.1) is 0 Å². The Morgan fingerprint density at radius 2 is 2.39 bits per heavy atom. The zero-order valence-corrected chi connectivity index (χ0v) is 10.6. The van der Waals surface area contributed by atoms with Gasteiger partial charge >= 0.3 is 0 Å². The van der Waals surface area contributed by atoms with Crippen molar-refractivity contribution in [1.29, 1.82) is 0 Å². The van der Waals surface area contributed by atoms with Crippen LogP contribution in [0.15, 0.2) is 24.4 Å². The molecule has 2 rings (SSSR count). The first-order valence-corrected chi connectivity index (χ1v) is 6.17. The fourth-order valence-corrected chi connectivity index (χ4v) is 1.90. The van der Waals surface area contributed by atoms with Crippen LogP contribution in [0.2, 0.25) is 0 Å². The van der Waals surface area contributed by atoms with Crippen molar-refractivity contribution in [2.75, 3.05) is 13.7 Å². The number of aromatic nitrogens is 1. The number of amides is 1. The molecular formula is C13H19N3O2. The standard InChI is InChI=1S/C13H19N3O2/c1-18-9-12(14)13(17)16(11-5-6-11)8-10-4-2-3-7-15-10/h2-4,7,11-12H,5-6,8-9,14H2,1H3. The summed E-state index contributed by atoms with van der Waals surface area (Å²) in [5.74, 6) is -0.0509. The summed E-state index contributed by atoms with van der Waals surface area (Å²) in [6.45, 7) is 0.784. The second-order valence-corrected chi connectivity index (χ2v) is 4.58. The first-order chi connectivity index (χ1) is 8.72. The summed E-state index contributed by atoms with van der Waals surface area (Å²) < 4.78 is 4.94. The molecule has 1 aliphatic carbocycles. The Kier molecular flexibility index (Phi) is 4.28. The van der Waals surface area contributed by atoms with Gasteiger partial charge in [-0.1, -0.05) is 6.07 Å². The van der Waals surface area contributed by atoms with Crippen molar-refractivity contribution in [2.24, 2.45) is 5.73 Å². The molecule has 0 bridgehead atoms. The summed E-state index contributed by atoms with van der Waals surface area (Å²) in [4.78, 5) is 18.3. The Labute approximate surface area is 107 Å². The molecule has 5 nitrogen and oxygen atoms in total. The molecule has 1 aromatic rings. The molecule has 0 spiro atoms. The lowest BCUT2D eigenvalue weighted by Crippen LogP contribution is -2.46. The van der Waals surface area contributed by atoms with Crippen LogP contribution in [0.25, 0.3) is 0 Å². The van der Waals surface area contributed by atoms with Gasteiger partial charge in [0.15, 0.2) is 0 Å². The van der Waals surface area contributed by atoms with E-state index in [2.05, 4.69) is 4.98 Å². The first-order valence-electron chi connectivity index (χ1n) is 6.17. The predicted molar refractivity (Wildman–Crippen MR) is 67.7 cm³/mol. The van der Waals surface area contributed by atoms with E-state index in [0.717, 1.165) is 18.5 Å². The quantitative estimate of drug-likeness (QED) is 0.799. The predicted octanol–water partition coefficient (Wildman–Crippen LogP) is 0.546. The molecule has 1 unspecified atom stereocenters. The third kappa shape index (κ3) is 3.27. The van der Waals surface area contributed by atoms with Gasteiger partial charge in [0.25, 0.3) is 0 Å². The van der Waals surface area contributed by atoms with Crippen molar-refractivity contribution in [1.82, 2.24) is 9.88 Å². The highest BCUT2D eigenvalue weighted by Gasteiger charge is 2.34. The maximum absolute atomic E-state index is 12.2. The van der Waals surface area contributed by atoms with E-state index in [1.165, 1.54) is 0 Å². The molecule has 98 valence electrons. The van der Waals surface area contributed by atoms with Gasteiger partial charge in [-0.25, -0.2) is 0 Å². The maximum atomic E-state index is 12.2. The van der Waals surface area contributed by atoms with Crippen LogP contribution in [-0.4, -0.2) is 41.6 Å². The lowest BCUT2D eigenvalue weighted by molar-refractivity contribution is -0.135. The number of nitrogens with two attached hydrogens (primary N) is 1. The molecule has 0 aromatic carbocycles. The number of methoxy groups -OCH3 is 1. The topological polar surface area (TPSA) is 68.5 Å². The Balaban J connectivity index is 2.02. The van der Waals surface area contributed by atoms with Gasteiger partial charge in [0.1, 0.15) is 6.04 Å². The van der Waals surface area contributed by atoms with Crippen LogP contribution >= 0.6 is 0 Å². The van der Waals surface area contributed by atoms with E-state index in [9.17, 15) is 4.79 Å². The summed E-state index contributed by atoms with van der Waals surface area (Å²) in [5, 5.41) is 0. The van der Waals surface area contributed by atoms with E-state index in [1.54, 1.807) is 13.3 Å². The van der Waals surface area contributed by atoms with Gasteiger partial charge in [-0.3, -0.25) is 9.78 Å². The highest BCUT2D eigenvalue weighted by molar-refractivity contribution is 5.82. The van der Waals surface area contributed by atoms with Crippen LogP contribution in [0.1, 0.15) is 18.5 Å². The fourth-order valence-electron chi connectivity index (χ4n) is 1.90. The first kappa shape index (κ1) is 13.0. The van der Waals surface area contributed by atoms with Crippen LogP contribution in [-0.2, 0) is 16.1 Å². The molecule has 0 aliphatic heterocycles. The van der Waals surface area contributed by atoms with E-state index in [1.807, 2.05) is 23.1 Å². The highest BCUT2D eigenvalue weighted by atomic mass is 16.5. The minimum absolute atomic E-state index is 0.0509. The van der Waals surface area contributed by atoms with Crippen molar-refractivity contribution >= 4 is 5.91 Å². The number of pyridine rings is 1. The SMILES string of the molecule is COCC(N)C(=O)N(Cc1ccccn1)C1CC1. The minimum atomic E-state index is -0.584. The number of rotatable bonds is 6. The smallest absolute Gasteiger partial charge is 0.242 e. The fraction of sp³-hybridized carbons (Fsp3) is 0.538. The molecular weight excluding hydrogens is 230 g/mol. The van der Waals surface area contributed by atoms with Crippen LogP contribution in [0.4, 0.5) is 0 Å². The average Bonchev–Trinajstić information content (AvgIpc) is 3.21. The van der Waals surface area contributed by atoms with E-state index in [-0.39, 0.29) is 12.5 Å². The van der Waals surface area contributed by atoms with E-state index >= 15 is 0 Å². The molecule has 1 fully saturated rings. The summed E-state index contributed by atoms with van der Waals surface area (Å²) in [6.07, 6.45) is 3.84. The second kappa shape index (κ2) is 5.93. The van der Waals surface area contributed by atoms with E-state index in [4.69, 9.17) is 10.5 Å². The molecule has 2 N–H and O–H groups in total. The molecule has 0 saturated heterocycles. The molecule has 1 aliphatic rings. The summed E-state index contributed by atoms with van der Waals surface area (Å²) >= 11 is 0. The van der Waals surface area contributed by atoms with Crippen molar-refractivity contribution in [3.63, 3.8) is 0 Å². The lowest BCUT2D eigenvalue weighted by Gasteiger charge is -2.25. The molecule has 5 heteroatoms. The molecule has 1 amide bonds. The largest absolute Gasteiger partial charge is 0.383 e. The summed E-state index contributed by atoms with van der Waals surface area (Å²) in [5.41, 5.74) is 6.70. The third-order valence-corrected chi connectivity index (χ3v) is 2.99. The number of hydrogen-bond acceptors (Lipinski definition) is 4. The Morgan fingerprint density at radius 1 is 1.61 bits per heavy atom. The number of nitrogens with zero attached hydrogens (tertiary/aromatic N) is 2. The van der Waals surface area contributed by atoms with Gasteiger partial charge in [-0.05, 0) is 25.0 Å². The van der Waals surface area contributed by atoms with Crippen molar-refractivity contribution in [3.8, 4) is 0 Å². The Morgan fingerprint density at radius 3 is 2.94 bits per heavy atom. The molecule has 0 radical (unpaired) electrons. The van der Waals surface area contributed by atoms with Crippen molar-refractivity contribution in [3.05, 3.63) is 30.1 Å². The van der Waals surface area contributed by atoms with Gasteiger partial charge in [0.05, 0.1) is 18.8 Å². The third-order valence-electron chi connectivity index (χ3n) is 2.99. The number of carbonyl (C=O) groups is 1. The minimum Gasteiger partial charge on any atom is -0.383 e. The zero-order chi connectivity index (χ0) is 13.0. The molecule has 1 atom stereocenters. The van der Waals surface area contributed by atoms with Crippen LogP contribution in [0.3, 0.4) is 0 Å².